The molecule has 0 amide bonds. The van der Waals surface area contributed by atoms with E-state index in [1.165, 1.54) is 6.07 Å². The molecule has 1 aromatic rings. The molecule has 1 rings (SSSR count). The van der Waals surface area contributed by atoms with E-state index >= 15 is 0 Å². The molecule has 0 heterocycles. The number of aliphatic hydroxyl groups is 1. The van der Waals surface area contributed by atoms with E-state index in [1.807, 2.05) is 0 Å². The van der Waals surface area contributed by atoms with Gasteiger partial charge in [0.25, 0.3) is 0 Å². The average Bonchev–Trinajstić information content (AvgIpc) is 2.19. The minimum Gasteiger partial charge on any atom is -0.432 e. The van der Waals surface area contributed by atoms with Crippen molar-refractivity contribution in [1.29, 1.82) is 0 Å². The first-order chi connectivity index (χ1) is 7.04. The van der Waals surface area contributed by atoms with Gasteiger partial charge in [0.2, 0.25) is 0 Å². The molecule has 2 nitrogen and oxygen atoms in total. The van der Waals surface area contributed by atoms with Crippen LogP contribution in [0.4, 0.5) is 13.2 Å². The lowest BCUT2D eigenvalue weighted by atomic mass is 10.1. The highest BCUT2D eigenvalue weighted by Crippen LogP contribution is 2.23. The number of benzene rings is 1. The molecule has 0 saturated heterocycles. The van der Waals surface area contributed by atoms with Crippen LogP contribution < -0.4 is 4.74 Å². The highest BCUT2D eigenvalue weighted by Gasteiger charge is 2.10. The quantitative estimate of drug-likeness (QED) is 0.841. The van der Waals surface area contributed by atoms with Gasteiger partial charge in [0.05, 0.1) is 6.61 Å². The van der Waals surface area contributed by atoms with Gasteiger partial charge in [0.1, 0.15) is 0 Å². The number of halogens is 3. The summed E-state index contributed by atoms with van der Waals surface area (Å²) in [5, 5.41) is 8.72. The predicted octanol–water partition coefficient (Wildman–Crippen LogP) is 2.43. The number of alkyl halides is 2. The summed E-state index contributed by atoms with van der Waals surface area (Å²) < 4.78 is 40.6. The lowest BCUT2D eigenvalue weighted by Gasteiger charge is -2.07. The second-order valence-corrected chi connectivity index (χ2v) is 2.79. The van der Waals surface area contributed by atoms with E-state index in [1.54, 1.807) is 0 Å². The summed E-state index contributed by atoms with van der Waals surface area (Å²) in [5.74, 6) is -1.44. The molecule has 0 aliphatic carbocycles. The maximum absolute atomic E-state index is 13.1. The van der Waals surface area contributed by atoms with Crippen molar-refractivity contribution in [3.8, 4) is 5.75 Å². The molecule has 1 aromatic carbocycles. The van der Waals surface area contributed by atoms with Crippen LogP contribution in [0.3, 0.4) is 0 Å². The molecule has 0 atom stereocenters. The number of hydrogen-bond donors (Lipinski definition) is 1. The number of ether oxygens (including phenoxy) is 1. The molecule has 0 saturated carbocycles. The summed E-state index contributed by atoms with van der Waals surface area (Å²) in [6, 6.07) is 3.40. The van der Waals surface area contributed by atoms with Gasteiger partial charge >= 0.3 is 6.61 Å². The third kappa shape index (κ3) is 2.99. The van der Waals surface area contributed by atoms with E-state index < -0.39 is 18.2 Å². The number of rotatable bonds is 4. The van der Waals surface area contributed by atoms with Crippen molar-refractivity contribution in [2.45, 2.75) is 6.61 Å². The Morgan fingerprint density at radius 2 is 2.13 bits per heavy atom. The van der Waals surface area contributed by atoms with Gasteiger partial charge in [-0.2, -0.15) is 8.78 Å². The Labute approximate surface area is 84.6 Å². The van der Waals surface area contributed by atoms with Gasteiger partial charge in [-0.3, -0.25) is 0 Å². The SMILES string of the molecule is C=C(CO)c1ccc(OC(F)F)c(F)c1. The normalized spacial score (nSPS) is 10.5. The van der Waals surface area contributed by atoms with Crippen LogP contribution in [0.1, 0.15) is 5.56 Å². The summed E-state index contributed by atoms with van der Waals surface area (Å²) in [6.45, 7) is 0.0811. The molecule has 0 spiro atoms. The lowest BCUT2D eigenvalue weighted by Crippen LogP contribution is -2.04. The zero-order chi connectivity index (χ0) is 11.4. The maximum Gasteiger partial charge on any atom is 0.387 e. The van der Waals surface area contributed by atoms with Crippen LogP contribution >= 0.6 is 0 Å². The van der Waals surface area contributed by atoms with Crippen molar-refractivity contribution >= 4 is 5.57 Å². The summed E-state index contributed by atoms with van der Waals surface area (Å²) >= 11 is 0. The molecule has 5 heteroatoms. The molecule has 0 fully saturated rings. The van der Waals surface area contributed by atoms with Gasteiger partial charge in [-0.15, -0.1) is 0 Å². The second kappa shape index (κ2) is 4.84. The van der Waals surface area contributed by atoms with Crippen LogP contribution in [0.2, 0.25) is 0 Å². The first-order valence-corrected chi connectivity index (χ1v) is 4.08. The van der Waals surface area contributed by atoms with Gasteiger partial charge < -0.3 is 9.84 Å². The van der Waals surface area contributed by atoms with E-state index in [4.69, 9.17) is 5.11 Å². The Hall–Kier alpha value is -1.49. The third-order valence-corrected chi connectivity index (χ3v) is 1.75. The van der Waals surface area contributed by atoms with E-state index in [0.717, 1.165) is 12.1 Å². The molecule has 1 N–H and O–H groups in total. The van der Waals surface area contributed by atoms with E-state index in [2.05, 4.69) is 11.3 Å². The van der Waals surface area contributed by atoms with Gasteiger partial charge in [0.15, 0.2) is 11.6 Å². The third-order valence-electron chi connectivity index (χ3n) is 1.75. The minimum absolute atomic E-state index is 0.303. The van der Waals surface area contributed by atoms with Crippen molar-refractivity contribution in [1.82, 2.24) is 0 Å². The molecule has 0 unspecified atom stereocenters. The molecule has 0 aliphatic heterocycles. The molecule has 82 valence electrons. The largest absolute Gasteiger partial charge is 0.432 e. The predicted molar refractivity (Wildman–Crippen MR) is 49.2 cm³/mol. The number of hydrogen-bond acceptors (Lipinski definition) is 2. The Balaban J connectivity index is 2.93. The zero-order valence-corrected chi connectivity index (χ0v) is 7.71. The van der Waals surface area contributed by atoms with Gasteiger partial charge in [-0.1, -0.05) is 12.6 Å². The molecule has 0 bridgehead atoms. The smallest absolute Gasteiger partial charge is 0.387 e. The summed E-state index contributed by atoms with van der Waals surface area (Å²) in [6.07, 6.45) is 0. The topological polar surface area (TPSA) is 29.5 Å². The van der Waals surface area contributed by atoms with Crippen molar-refractivity contribution in [2.75, 3.05) is 6.61 Å². The standard InChI is InChI=1S/C10H9F3O2/c1-6(5-14)7-2-3-9(8(11)4-7)15-10(12)13/h2-4,10,14H,1,5H2. The van der Waals surface area contributed by atoms with Crippen molar-refractivity contribution in [3.63, 3.8) is 0 Å². The lowest BCUT2D eigenvalue weighted by molar-refractivity contribution is -0.0521. The molecule has 15 heavy (non-hydrogen) atoms. The van der Waals surface area contributed by atoms with Crippen LogP contribution in [0.5, 0.6) is 5.75 Å². The highest BCUT2D eigenvalue weighted by atomic mass is 19.3. The zero-order valence-electron chi connectivity index (χ0n) is 7.71. The van der Waals surface area contributed by atoms with Crippen LogP contribution in [0, 0.1) is 5.82 Å². The summed E-state index contributed by atoms with van der Waals surface area (Å²) in [5.41, 5.74) is 0.647. The fourth-order valence-electron chi connectivity index (χ4n) is 1.00. The summed E-state index contributed by atoms with van der Waals surface area (Å²) in [4.78, 5) is 0. The van der Waals surface area contributed by atoms with E-state index in [9.17, 15) is 13.2 Å². The van der Waals surface area contributed by atoms with E-state index in [-0.39, 0.29) is 6.61 Å². The fourth-order valence-corrected chi connectivity index (χ4v) is 1.00. The van der Waals surface area contributed by atoms with Crippen molar-refractivity contribution in [2.24, 2.45) is 0 Å². The first-order valence-electron chi connectivity index (χ1n) is 4.08. The highest BCUT2D eigenvalue weighted by molar-refractivity contribution is 5.64. The molecular weight excluding hydrogens is 209 g/mol. The van der Waals surface area contributed by atoms with Gasteiger partial charge in [0, 0.05) is 0 Å². The Bertz CT molecular complexity index is 364. The van der Waals surface area contributed by atoms with E-state index in [0.29, 0.717) is 11.1 Å². The number of aliphatic hydroxyl groups excluding tert-OH is 1. The van der Waals surface area contributed by atoms with Crippen molar-refractivity contribution in [3.05, 3.63) is 36.2 Å². The molecular formula is C10H9F3O2. The Morgan fingerprint density at radius 3 is 2.60 bits per heavy atom. The minimum atomic E-state index is -3.06. The molecule has 0 aliphatic rings. The van der Waals surface area contributed by atoms with Gasteiger partial charge in [-0.25, -0.2) is 4.39 Å². The molecule has 0 radical (unpaired) electrons. The monoisotopic (exact) mass is 218 g/mol. The first kappa shape index (κ1) is 11.6. The van der Waals surface area contributed by atoms with Crippen LogP contribution in [-0.4, -0.2) is 18.3 Å². The maximum atomic E-state index is 13.1. The van der Waals surface area contributed by atoms with Crippen LogP contribution in [0.25, 0.3) is 5.57 Å². The molecule has 0 aromatic heterocycles. The van der Waals surface area contributed by atoms with Gasteiger partial charge in [-0.05, 0) is 23.3 Å². The summed E-state index contributed by atoms with van der Waals surface area (Å²) in [7, 11) is 0. The van der Waals surface area contributed by atoms with Crippen LogP contribution in [0.15, 0.2) is 24.8 Å². The average molecular weight is 218 g/mol. The fraction of sp³-hybridized carbons (Fsp3) is 0.200. The Morgan fingerprint density at radius 1 is 1.47 bits per heavy atom. The second-order valence-electron chi connectivity index (χ2n) is 2.79. The van der Waals surface area contributed by atoms with Crippen LogP contribution in [-0.2, 0) is 0 Å². The Kier molecular flexibility index (Phi) is 3.74. The van der Waals surface area contributed by atoms with Crippen molar-refractivity contribution < 1.29 is 23.0 Å².